The van der Waals surface area contributed by atoms with Crippen LogP contribution in [0.15, 0.2) is 46.8 Å². The Bertz CT molecular complexity index is 1350. The number of H-pyrrole nitrogens is 1. The van der Waals surface area contributed by atoms with Crippen molar-refractivity contribution in [2.24, 2.45) is 0 Å². The summed E-state index contributed by atoms with van der Waals surface area (Å²) in [5.74, 6) is -0.243. The predicted octanol–water partition coefficient (Wildman–Crippen LogP) is 2.91. The lowest BCUT2D eigenvalue weighted by Gasteiger charge is -2.16. The molecule has 0 aliphatic carbocycles. The van der Waals surface area contributed by atoms with E-state index in [2.05, 4.69) is 19.7 Å². The molecule has 5 heterocycles. The molecule has 4 aromatic rings. The van der Waals surface area contributed by atoms with Gasteiger partial charge in [-0.05, 0) is 42.8 Å². The van der Waals surface area contributed by atoms with Crippen LogP contribution in [0.2, 0.25) is 5.15 Å². The van der Waals surface area contributed by atoms with E-state index in [9.17, 15) is 13.2 Å². The SMILES string of the molecule is O=C1[C@@H](NS(=O)(=O)c2cc3ccc(Cl)nc3s2)CCN1Cc1cc2ncccc2[nH]1. The molecule has 0 radical (unpaired) electrons. The lowest BCUT2D eigenvalue weighted by molar-refractivity contribution is -0.129. The Morgan fingerprint density at radius 2 is 2.17 bits per heavy atom. The summed E-state index contributed by atoms with van der Waals surface area (Å²) >= 11 is 6.91. The van der Waals surface area contributed by atoms with Gasteiger partial charge in [0.1, 0.15) is 20.2 Å². The Kier molecular flexibility index (Phi) is 4.73. The van der Waals surface area contributed by atoms with Crippen molar-refractivity contribution in [2.75, 3.05) is 6.54 Å². The van der Waals surface area contributed by atoms with E-state index in [1.807, 2.05) is 18.2 Å². The Morgan fingerprint density at radius 3 is 3.00 bits per heavy atom. The smallest absolute Gasteiger partial charge is 0.250 e. The highest BCUT2D eigenvalue weighted by atomic mass is 35.5. The molecule has 0 bridgehead atoms. The number of nitrogens with one attached hydrogen (secondary N) is 2. The van der Waals surface area contributed by atoms with Crippen LogP contribution in [0.4, 0.5) is 0 Å². The fourth-order valence-corrected chi connectivity index (χ4v) is 6.33. The van der Waals surface area contributed by atoms with Gasteiger partial charge in [0.25, 0.3) is 10.0 Å². The molecule has 2 N–H and O–H groups in total. The van der Waals surface area contributed by atoms with Crippen molar-refractivity contribution >= 4 is 60.1 Å². The first-order valence-corrected chi connectivity index (χ1v) is 11.9. The minimum absolute atomic E-state index is 0.111. The quantitative estimate of drug-likeness (QED) is 0.444. The minimum Gasteiger partial charge on any atom is -0.356 e. The highest BCUT2D eigenvalue weighted by Crippen LogP contribution is 2.29. The summed E-state index contributed by atoms with van der Waals surface area (Å²) in [7, 11) is -3.85. The number of halogens is 1. The van der Waals surface area contributed by atoms with Crippen LogP contribution in [-0.4, -0.2) is 46.8 Å². The molecule has 1 saturated heterocycles. The molecule has 1 aliphatic heterocycles. The van der Waals surface area contributed by atoms with Gasteiger partial charge in [0.05, 0.1) is 17.6 Å². The minimum atomic E-state index is -3.85. The maximum absolute atomic E-state index is 12.8. The molecule has 8 nitrogen and oxygen atoms in total. The second kappa shape index (κ2) is 7.31. The summed E-state index contributed by atoms with van der Waals surface area (Å²) in [4.78, 5) is 26.6. The van der Waals surface area contributed by atoms with Crippen LogP contribution >= 0.6 is 22.9 Å². The van der Waals surface area contributed by atoms with Crippen LogP contribution in [0.25, 0.3) is 21.3 Å². The molecule has 30 heavy (non-hydrogen) atoms. The summed E-state index contributed by atoms with van der Waals surface area (Å²) in [5, 5.41) is 0.992. The highest BCUT2D eigenvalue weighted by molar-refractivity contribution is 7.91. The zero-order valence-corrected chi connectivity index (χ0v) is 17.9. The van der Waals surface area contributed by atoms with E-state index in [4.69, 9.17) is 11.6 Å². The van der Waals surface area contributed by atoms with Gasteiger partial charge in [-0.1, -0.05) is 11.6 Å². The molecule has 11 heteroatoms. The molecule has 5 rings (SSSR count). The molecule has 1 amide bonds. The fourth-order valence-electron chi connectivity index (χ4n) is 3.56. The van der Waals surface area contributed by atoms with Crippen molar-refractivity contribution in [1.82, 2.24) is 24.6 Å². The third-order valence-corrected chi connectivity index (χ3v) is 8.19. The van der Waals surface area contributed by atoms with E-state index in [0.29, 0.717) is 34.9 Å². The first-order valence-electron chi connectivity index (χ1n) is 9.19. The van der Waals surface area contributed by atoms with Crippen molar-refractivity contribution in [3.63, 3.8) is 0 Å². The number of nitrogens with zero attached hydrogens (tertiary/aromatic N) is 3. The molecule has 154 valence electrons. The first kappa shape index (κ1) is 19.4. The van der Waals surface area contributed by atoms with Gasteiger partial charge in [0, 0.05) is 23.8 Å². The maximum Gasteiger partial charge on any atom is 0.250 e. The van der Waals surface area contributed by atoms with Gasteiger partial charge in [-0.3, -0.25) is 9.78 Å². The van der Waals surface area contributed by atoms with E-state index < -0.39 is 16.1 Å². The number of rotatable bonds is 5. The molecular formula is C19H16ClN5O3S2. The number of likely N-dealkylation sites (tertiary alicyclic amines) is 1. The van der Waals surface area contributed by atoms with E-state index in [1.165, 1.54) is 0 Å². The van der Waals surface area contributed by atoms with Crippen LogP contribution in [0.3, 0.4) is 0 Å². The number of sulfonamides is 1. The van der Waals surface area contributed by atoms with Gasteiger partial charge in [0.15, 0.2) is 0 Å². The third kappa shape index (κ3) is 3.56. The van der Waals surface area contributed by atoms with Crippen molar-refractivity contribution < 1.29 is 13.2 Å². The lowest BCUT2D eigenvalue weighted by atomic mass is 10.3. The van der Waals surface area contributed by atoms with Gasteiger partial charge < -0.3 is 9.88 Å². The molecule has 1 fully saturated rings. The Balaban J connectivity index is 1.31. The van der Waals surface area contributed by atoms with Crippen LogP contribution < -0.4 is 4.72 Å². The molecule has 0 saturated carbocycles. The van der Waals surface area contributed by atoms with E-state index >= 15 is 0 Å². The third-order valence-electron chi connectivity index (χ3n) is 4.99. The van der Waals surface area contributed by atoms with Gasteiger partial charge in [0.2, 0.25) is 5.91 Å². The van der Waals surface area contributed by atoms with Crippen molar-refractivity contribution in [3.05, 3.63) is 53.4 Å². The average molecular weight is 462 g/mol. The van der Waals surface area contributed by atoms with Crippen LogP contribution in [-0.2, 0) is 21.4 Å². The number of aromatic nitrogens is 3. The van der Waals surface area contributed by atoms with Crippen LogP contribution in [0.5, 0.6) is 0 Å². The number of aromatic amines is 1. The normalized spacial score (nSPS) is 17.4. The molecule has 1 aliphatic rings. The number of thiophene rings is 1. The molecule has 4 aromatic heterocycles. The number of amides is 1. The predicted molar refractivity (Wildman–Crippen MR) is 115 cm³/mol. The van der Waals surface area contributed by atoms with E-state index in [-0.39, 0.29) is 10.1 Å². The second-order valence-electron chi connectivity index (χ2n) is 7.05. The van der Waals surface area contributed by atoms with Crippen LogP contribution in [0.1, 0.15) is 12.1 Å². The highest BCUT2D eigenvalue weighted by Gasteiger charge is 2.35. The molecule has 0 aromatic carbocycles. The Morgan fingerprint density at radius 1 is 1.30 bits per heavy atom. The molecule has 0 unspecified atom stereocenters. The summed E-state index contributed by atoms with van der Waals surface area (Å²) in [6, 6.07) is 9.73. The van der Waals surface area contributed by atoms with Crippen molar-refractivity contribution in [1.29, 1.82) is 0 Å². The molecule has 1 atom stereocenters. The Labute approximate surface area is 180 Å². The average Bonchev–Trinajstić information content (AvgIpc) is 3.40. The van der Waals surface area contributed by atoms with Gasteiger partial charge in [-0.25, -0.2) is 13.4 Å². The van der Waals surface area contributed by atoms with Crippen molar-refractivity contribution in [2.45, 2.75) is 23.2 Å². The first-order chi connectivity index (χ1) is 14.4. The number of hydrogen-bond acceptors (Lipinski definition) is 6. The van der Waals surface area contributed by atoms with Crippen LogP contribution in [0, 0.1) is 0 Å². The number of carbonyl (C=O) groups excluding carboxylic acids is 1. The maximum atomic E-state index is 12.8. The molecule has 0 spiro atoms. The van der Waals surface area contributed by atoms with E-state index in [1.54, 1.807) is 29.3 Å². The number of pyridine rings is 2. The standard InChI is InChI=1S/C19H16ClN5O3S2/c20-16-4-3-11-8-17(29-18(11)23-16)30(27,28)24-14-5-7-25(19(14)26)10-12-9-15-13(22-12)2-1-6-21-15/h1-4,6,8-9,14,22,24H,5,7,10H2/t14-/m0/s1. The second-order valence-corrected chi connectivity index (χ2v) is 10.4. The van der Waals surface area contributed by atoms with Gasteiger partial charge in [-0.2, -0.15) is 4.72 Å². The summed E-state index contributed by atoms with van der Waals surface area (Å²) < 4.78 is 28.3. The summed E-state index contributed by atoms with van der Waals surface area (Å²) in [6.07, 6.45) is 2.12. The largest absolute Gasteiger partial charge is 0.356 e. The number of carbonyl (C=O) groups is 1. The van der Waals surface area contributed by atoms with E-state index in [0.717, 1.165) is 28.1 Å². The zero-order chi connectivity index (χ0) is 20.9. The Hall–Kier alpha value is -2.53. The summed E-state index contributed by atoms with van der Waals surface area (Å²) in [5.41, 5.74) is 2.58. The number of fused-ring (bicyclic) bond motifs is 2. The van der Waals surface area contributed by atoms with Crippen molar-refractivity contribution in [3.8, 4) is 0 Å². The lowest BCUT2D eigenvalue weighted by Crippen LogP contribution is -2.41. The monoisotopic (exact) mass is 461 g/mol. The topological polar surface area (TPSA) is 108 Å². The number of hydrogen-bond donors (Lipinski definition) is 2. The fraction of sp³-hybridized carbons (Fsp3) is 0.211. The van der Waals surface area contributed by atoms with Gasteiger partial charge >= 0.3 is 0 Å². The van der Waals surface area contributed by atoms with Gasteiger partial charge in [-0.15, -0.1) is 11.3 Å². The summed E-state index contributed by atoms with van der Waals surface area (Å²) in [6.45, 7) is 0.844. The molecular weight excluding hydrogens is 446 g/mol. The zero-order valence-electron chi connectivity index (χ0n) is 15.5.